The standard InChI is InChI=1S/C22H28ClN3O3/c1-24(16-21(27)26-11-13-29-14-12-26)15-18-19(23)9-6-10-20(18)25(2)22(28)17-7-4-3-5-8-17/h4,6-10H,3,5,11-16H2,1-2H3. The van der Waals surface area contributed by atoms with Gasteiger partial charge in [0.2, 0.25) is 5.91 Å². The normalized spacial score (nSPS) is 16.7. The van der Waals surface area contributed by atoms with Gasteiger partial charge in [0.15, 0.2) is 0 Å². The Morgan fingerprint density at radius 3 is 2.62 bits per heavy atom. The van der Waals surface area contributed by atoms with Gasteiger partial charge in [0, 0.05) is 48.5 Å². The van der Waals surface area contributed by atoms with E-state index in [-0.39, 0.29) is 18.4 Å². The Balaban J connectivity index is 1.72. The number of morpholine rings is 1. The monoisotopic (exact) mass is 417 g/mol. The first-order valence-electron chi connectivity index (χ1n) is 9.93. The van der Waals surface area contributed by atoms with Gasteiger partial charge in [-0.2, -0.15) is 0 Å². The molecule has 0 unspecified atom stereocenters. The summed E-state index contributed by atoms with van der Waals surface area (Å²) in [5.41, 5.74) is 2.29. The number of allylic oxidation sites excluding steroid dienone is 2. The molecule has 1 saturated heterocycles. The minimum absolute atomic E-state index is 0.0588. The van der Waals surface area contributed by atoms with Crippen molar-refractivity contribution in [2.24, 2.45) is 0 Å². The average molecular weight is 418 g/mol. The molecule has 0 N–H and O–H groups in total. The Bertz CT molecular complexity index is 816. The van der Waals surface area contributed by atoms with E-state index in [1.54, 1.807) is 11.9 Å². The molecular formula is C22H28ClN3O3. The van der Waals surface area contributed by atoms with Gasteiger partial charge in [-0.1, -0.05) is 35.9 Å². The molecule has 2 amide bonds. The van der Waals surface area contributed by atoms with E-state index < -0.39 is 0 Å². The molecule has 7 heteroatoms. The van der Waals surface area contributed by atoms with E-state index in [1.807, 2.05) is 53.3 Å². The predicted molar refractivity (Wildman–Crippen MR) is 115 cm³/mol. The Labute approximate surface area is 177 Å². The molecule has 29 heavy (non-hydrogen) atoms. The smallest absolute Gasteiger partial charge is 0.257 e. The van der Waals surface area contributed by atoms with Gasteiger partial charge in [-0.3, -0.25) is 14.5 Å². The van der Waals surface area contributed by atoms with Crippen LogP contribution in [0.25, 0.3) is 0 Å². The lowest BCUT2D eigenvalue weighted by molar-refractivity contribution is -0.136. The third-order valence-corrected chi connectivity index (χ3v) is 5.55. The maximum Gasteiger partial charge on any atom is 0.257 e. The number of hydrogen-bond donors (Lipinski definition) is 0. The molecule has 156 valence electrons. The molecule has 1 aliphatic carbocycles. The third-order valence-electron chi connectivity index (χ3n) is 5.20. The van der Waals surface area contributed by atoms with Gasteiger partial charge in [-0.15, -0.1) is 0 Å². The summed E-state index contributed by atoms with van der Waals surface area (Å²) in [5.74, 6) is 0.0165. The van der Waals surface area contributed by atoms with Gasteiger partial charge in [0.1, 0.15) is 0 Å². The fourth-order valence-electron chi connectivity index (χ4n) is 3.56. The van der Waals surface area contributed by atoms with Crippen molar-refractivity contribution >= 4 is 29.1 Å². The van der Waals surface area contributed by atoms with Crippen LogP contribution in [0.3, 0.4) is 0 Å². The number of nitrogens with zero attached hydrogens (tertiary/aromatic N) is 3. The summed E-state index contributed by atoms with van der Waals surface area (Å²) in [6.45, 7) is 3.18. The van der Waals surface area contributed by atoms with Crippen molar-refractivity contribution < 1.29 is 14.3 Å². The maximum absolute atomic E-state index is 12.9. The number of halogens is 1. The number of anilines is 1. The molecule has 0 spiro atoms. The Morgan fingerprint density at radius 2 is 1.93 bits per heavy atom. The highest BCUT2D eigenvalue weighted by molar-refractivity contribution is 6.32. The highest BCUT2D eigenvalue weighted by atomic mass is 35.5. The molecule has 1 fully saturated rings. The van der Waals surface area contributed by atoms with Crippen molar-refractivity contribution in [1.29, 1.82) is 0 Å². The van der Waals surface area contributed by atoms with E-state index in [4.69, 9.17) is 16.3 Å². The first kappa shape index (κ1) is 21.6. The van der Waals surface area contributed by atoms with E-state index in [2.05, 4.69) is 0 Å². The van der Waals surface area contributed by atoms with Gasteiger partial charge in [0.05, 0.1) is 19.8 Å². The Kier molecular flexibility index (Phi) is 7.47. The minimum atomic E-state index is -0.0588. The Morgan fingerprint density at radius 1 is 1.17 bits per heavy atom. The number of likely N-dealkylation sites (N-methyl/N-ethyl adjacent to an activating group) is 2. The van der Waals surface area contributed by atoms with Crippen LogP contribution < -0.4 is 4.90 Å². The maximum atomic E-state index is 12.9. The number of ether oxygens (including phenoxy) is 1. The van der Waals surface area contributed by atoms with Crippen LogP contribution in [0.5, 0.6) is 0 Å². The molecule has 0 radical (unpaired) electrons. The first-order chi connectivity index (χ1) is 14.0. The van der Waals surface area contributed by atoms with Crippen LogP contribution in [-0.2, 0) is 20.9 Å². The van der Waals surface area contributed by atoms with E-state index in [9.17, 15) is 9.59 Å². The lowest BCUT2D eigenvalue weighted by Gasteiger charge is -2.29. The van der Waals surface area contributed by atoms with Gasteiger partial charge in [-0.25, -0.2) is 0 Å². The van der Waals surface area contributed by atoms with E-state index in [0.717, 1.165) is 24.1 Å². The molecule has 6 nitrogen and oxygen atoms in total. The van der Waals surface area contributed by atoms with Crippen molar-refractivity contribution in [2.45, 2.75) is 19.4 Å². The molecular weight excluding hydrogens is 390 g/mol. The summed E-state index contributed by atoms with van der Waals surface area (Å²) < 4.78 is 5.31. The average Bonchev–Trinajstić information content (AvgIpc) is 2.75. The SMILES string of the molecule is CN(CC(=O)N1CCOCC1)Cc1c(Cl)cccc1N(C)C(=O)C1=CCCC=C1. The number of rotatable bonds is 6. The van der Waals surface area contributed by atoms with Gasteiger partial charge in [-0.05, 0) is 32.0 Å². The Hall–Kier alpha value is -2.15. The summed E-state index contributed by atoms with van der Waals surface area (Å²) >= 11 is 6.49. The molecule has 3 rings (SSSR count). The first-order valence-corrected chi connectivity index (χ1v) is 10.3. The second-order valence-electron chi connectivity index (χ2n) is 7.41. The van der Waals surface area contributed by atoms with Crippen molar-refractivity contribution in [3.8, 4) is 0 Å². The summed E-state index contributed by atoms with van der Waals surface area (Å²) in [6, 6.07) is 5.55. The second-order valence-corrected chi connectivity index (χ2v) is 7.81. The molecule has 0 atom stereocenters. The van der Waals surface area contributed by atoms with E-state index in [1.165, 1.54) is 0 Å². The highest BCUT2D eigenvalue weighted by Crippen LogP contribution is 2.29. The van der Waals surface area contributed by atoms with Crippen molar-refractivity contribution in [3.63, 3.8) is 0 Å². The minimum Gasteiger partial charge on any atom is -0.378 e. The molecule has 0 saturated carbocycles. The van der Waals surface area contributed by atoms with Crippen molar-refractivity contribution in [1.82, 2.24) is 9.80 Å². The number of benzene rings is 1. The second kappa shape index (κ2) is 10.1. The quantitative estimate of drug-likeness (QED) is 0.714. The van der Waals surface area contributed by atoms with Crippen LogP contribution in [0.4, 0.5) is 5.69 Å². The zero-order valence-corrected chi connectivity index (χ0v) is 17.8. The van der Waals surface area contributed by atoms with Crippen LogP contribution in [0.1, 0.15) is 18.4 Å². The van der Waals surface area contributed by atoms with E-state index in [0.29, 0.717) is 43.4 Å². The lowest BCUT2D eigenvalue weighted by atomic mass is 10.0. The fraction of sp³-hybridized carbons (Fsp3) is 0.455. The molecule has 0 bridgehead atoms. The summed E-state index contributed by atoms with van der Waals surface area (Å²) in [5, 5.41) is 0.584. The largest absolute Gasteiger partial charge is 0.378 e. The summed E-state index contributed by atoms with van der Waals surface area (Å²) in [7, 11) is 3.65. The number of carbonyl (C=O) groups excluding carboxylic acids is 2. The van der Waals surface area contributed by atoms with E-state index >= 15 is 0 Å². The molecule has 1 aromatic carbocycles. The van der Waals surface area contributed by atoms with Crippen LogP contribution in [-0.4, -0.2) is 68.6 Å². The number of amides is 2. The molecule has 2 aliphatic rings. The van der Waals surface area contributed by atoms with Gasteiger partial charge in [0.25, 0.3) is 5.91 Å². The van der Waals surface area contributed by atoms with Crippen LogP contribution in [0.15, 0.2) is 42.0 Å². The number of carbonyl (C=O) groups is 2. The predicted octanol–water partition coefficient (Wildman–Crippen LogP) is 2.87. The van der Waals surface area contributed by atoms with Crippen LogP contribution in [0.2, 0.25) is 5.02 Å². The van der Waals surface area contributed by atoms with Crippen LogP contribution >= 0.6 is 11.6 Å². The molecule has 1 heterocycles. The van der Waals surface area contributed by atoms with Crippen molar-refractivity contribution in [3.05, 3.63) is 52.6 Å². The number of hydrogen-bond acceptors (Lipinski definition) is 4. The van der Waals surface area contributed by atoms with Crippen LogP contribution in [0, 0.1) is 0 Å². The van der Waals surface area contributed by atoms with Gasteiger partial charge < -0.3 is 14.5 Å². The fourth-order valence-corrected chi connectivity index (χ4v) is 3.79. The zero-order chi connectivity index (χ0) is 20.8. The molecule has 1 aliphatic heterocycles. The van der Waals surface area contributed by atoms with Gasteiger partial charge >= 0.3 is 0 Å². The summed E-state index contributed by atoms with van der Waals surface area (Å²) in [6.07, 6.45) is 7.70. The van der Waals surface area contributed by atoms with Crippen molar-refractivity contribution in [2.75, 3.05) is 51.8 Å². The lowest BCUT2D eigenvalue weighted by Crippen LogP contribution is -2.45. The topological polar surface area (TPSA) is 53.1 Å². The molecule has 1 aromatic rings. The highest BCUT2D eigenvalue weighted by Gasteiger charge is 2.22. The third kappa shape index (κ3) is 5.47. The zero-order valence-electron chi connectivity index (χ0n) is 17.1. The summed E-state index contributed by atoms with van der Waals surface area (Å²) in [4.78, 5) is 30.8. The molecule has 0 aromatic heterocycles.